The van der Waals surface area contributed by atoms with Gasteiger partial charge in [-0.05, 0) is 76.5 Å². The van der Waals surface area contributed by atoms with Crippen molar-refractivity contribution in [3.63, 3.8) is 0 Å². The molecule has 326 valence electrons. The van der Waals surface area contributed by atoms with Crippen molar-refractivity contribution < 1.29 is 23.4 Å². The van der Waals surface area contributed by atoms with Gasteiger partial charge in [0.15, 0.2) is 20.4 Å². The van der Waals surface area contributed by atoms with E-state index in [1.54, 1.807) is 31.0 Å². The van der Waals surface area contributed by atoms with Crippen molar-refractivity contribution in [1.82, 2.24) is 29.2 Å². The van der Waals surface area contributed by atoms with Crippen LogP contribution in [0.15, 0.2) is 109 Å². The third kappa shape index (κ3) is 9.13. The Balaban J connectivity index is 1.40. The molecule has 1 saturated carbocycles. The first kappa shape index (κ1) is 44.4. The minimum Gasteiger partial charge on any atom is -0.497 e. The number of methoxy groups -OCH3 is 2. The second kappa shape index (κ2) is 19.2. The first-order valence-electron chi connectivity index (χ1n) is 21.9. The molecule has 0 unspecified atom stereocenters. The van der Waals surface area contributed by atoms with Crippen molar-refractivity contribution in [2.75, 3.05) is 40.5 Å². The first-order valence-corrected chi connectivity index (χ1v) is 24.1. The van der Waals surface area contributed by atoms with Gasteiger partial charge in [0.1, 0.15) is 35.4 Å². The Hall–Kier alpha value is -4.66. The Bertz CT molecular complexity index is 2120. The zero-order valence-corrected chi connectivity index (χ0v) is 38.2. The summed E-state index contributed by atoms with van der Waals surface area (Å²) >= 11 is 0. The summed E-state index contributed by atoms with van der Waals surface area (Å²) in [5.74, 6) is 1.89. The summed E-state index contributed by atoms with van der Waals surface area (Å²) in [7, 11) is 0.916. The Labute approximate surface area is 362 Å². The van der Waals surface area contributed by atoms with Crippen LogP contribution in [0.4, 0.5) is 0 Å². The van der Waals surface area contributed by atoms with Gasteiger partial charge in [-0.3, -0.25) is 9.47 Å². The Morgan fingerprint density at radius 3 is 1.90 bits per heavy atom. The highest BCUT2D eigenvalue weighted by Crippen LogP contribution is 2.46. The molecule has 12 nitrogen and oxygen atoms in total. The van der Waals surface area contributed by atoms with Crippen LogP contribution in [0.1, 0.15) is 96.6 Å². The van der Waals surface area contributed by atoms with Crippen LogP contribution in [0.2, 0.25) is 16.6 Å². The largest absolute Gasteiger partial charge is 0.497 e. The van der Waals surface area contributed by atoms with Gasteiger partial charge >= 0.3 is 5.69 Å². The number of hydrogen-bond acceptors (Lipinski definition) is 10. The van der Waals surface area contributed by atoms with E-state index in [1.165, 1.54) is 23.8 Å². The first-order chi connectivity index (χ1) is 29.4. The summed E-state index contributed by atoms with van der Waals surface area (Å²) in [6.07, 6.45) is 9.77. The molecule has 0 bridgehead atoms. The summed E-state index contributed by atoms with van der Waals surface area (Å²) in [5.41, 5.74) is 1.31. The molecule has 61 heavy (non-hydrogen) atoms. The number of morpholine rings is 1. The SMILES string of the molecule is COc1ccc(C(OC[C@]2(CO[Si](C(C)C)(C(C)C)C(C)C)CN(C3CCCCC3)C[C@H](n3ccc(-n4cncn4)nc3=O)O2)(c2ccccc2)c2ccc(OC)cc2)cc1. The molecule has 3 aromatic carbocycles. The minimum atomic E-state index is -2.44. The molecular formula is C48H64N6O6Si. The van der Waals surface area contributed by atoms with Gasteiger partial charge < -0.3 is 23.4 Å². The molecular weight excluding hydrogens is 785 g/mol. The van der Waals surface area contributed by atoms with E-state index in [-0.39, 0.29) is 6.61 Å². The van der Waals surface area contributed by atoms with Gasteiger partial charge in [0, 0.05) is 25.3 Å². The van der Waals surface area contributed by atoms with Crippen molar-refractivity contribution in [3.05, 3.63) is 131 Å². The van der Waals surface area contributed by atoms with E-state index in [1.807, 2.05) is 42.5 Å². The van der Waals surface area contributed by atoms with Crippen molar-refractivity contribution in [1.29, 1.82) is 0 Å². The standard InChI is InChI=1S/C48H64N6O6Si/c1-35(2)61(36(3)4,37(5)6)59-32-47(30-52(41-17-13-10-14-18-41)29-45(60-47)53-28-27-44(51-46(53)55)54-34-49-33-50-54)31-58-48(38-15-11-9-12-16-38,39-19-23-42(56-7)24-20-39)40-21-25-43(57-8)26-22-40/h9,11-12,15-16,19-28,33-37,41,45H,10,13-14,17-18,29-32H2,1-8H3/t45-,47+/m1/s1. The maximum Gasteiger partial charge on any atom is 0.351 e. The van der Waals surface area contributed by atoms with E-state index in [0.29, 0.717) is 48.2 Å². The van der Waals surface area contributed by atoms with Crippen molar-refractivity contribution in [2.24, 2.45) is 0 Å². The molecule has 2 aromatic heterocycles. The van der Waals surface area contributed by atoms with Crippen molar-refractivity contribution >= 4 is 8.32 Å². The molecule has 1 saturated heterocycles. The zero-order valence-electron chi connectivity index (χ0n) is 37.2. The van der Waals surface area contributed by atoms with Crippen LogP contribution in [0.5, 0.6) is 11.5 Å². The number of rotatable bonds is 17. The summed E-state index contributed by atoms with van der Waals surface area (Å²) in [6.45, 7) is 15.4. The molecule has 2 aliphatic rings. The van der Waals surface area contributed by atoms with Gasteiger partial charge in [-0.1, -0.05) is 115 Å². The molecule has 2 fully saturated rings. The minimum absolute atomic E-state index is 0.150. The van der Waals surface area contributed by atoms with E-state index in [0.717, 1.165) is 53.9 Å². The van der Waals surface area contributed by atoms with Crippen molar-refractivity contribution in [3.8, 4) is 17.3 Å². The van der Waals surface area contributed by atoms with Crippen molar-refractivity contribution in [2.45, 2.75) is 114 Å². The highest BCUT2D eigenvalue weighted by molar-refractivity contribution is 6.77. The molecule has 0 radical (unpaired) electrons. The van der Waals surface area contributed by atoms with E-state index >= 15 is 0 Å². The van der Waals surface area contributed by atoms with E-state index < -0.39 is 31.4 Å². The van der Waals surface area contributed by atoms with Crippen LogP contribution < -0.4 is 15.2 Å². The molecule has 13 heteroatoms. The lowest BCUT2D eigenvalue weighted by Crippen LogP contribution is -2.64. The van der Waals surface area contributed by atoms with Gasteiger partial charge in [-0.2, -0.15) is 10.1 Å². The highest BCUT2D eigenvalue weighted by Gasteiger charge is 2.52. The van der Waals surface area contributed by atoms with Gasteiger partial charge in [-0.25, -0.2) is 14.5 Å². The maximum atomic E-state index is 14.1. The van der Waals surface area contributed by atoms with Gasteiger partial charge in [0.25, 0.3) is 0 Å². The summed E-state index contributed by atoms with van der Waals surface area (Å²) in [6, 6.07) is 28.7. The molecule has 5 aromatic rings. The second-order valence-electron chi connectivity index (χ2n) is 17.7. The van der Waals surface area contributed by atoms with Gasteiger partial charge in [0.05, 0.1) is 27.4 Å². The van der Waals surface area contributed by atoms with E-state index in [2.05, 4.69) is 97.9 Å². The fraction of sp³-hybridized carbons (Fsp3) is 0.500. The molecule has 1 aliphatic heterocycles. The van der Waals surface area contributed by atoms with Gasteiger partial charge in [0.2, 0.25) is 0 Å². The normalized spacial score (nSPS) is 19.5. The van der Waals surface area contributed by atoms with Crippen LogP contribution in [-0.4, -0.2) is 89.7 Å². The topological polar surface area (TPSA) is 115 Å². The molecule has 1 aliphatic carbocycles. The average molecular weight is 849 g/mol. The number of aromatic nitrogens is 5. The predicted octanol–water partition coefficient (Wildman–Crippen LogP) is 8.94. The summed E-state index contributed by atoms with van der Waals surface area (Å²) in [5, 5.41) is 4.21. The van der Waals surface area contributed by atoms with Crippen LogP contribution >= 0.6 is 0 Å². The summed E-state index contributed by atoms with van der Waals surface area (Å²) in [4.78, 5) is 25.2. The fourth-order valence-corrected chi connectivity index (χ4v) is 15.7. The number of ether oxygens (including phenoxy) is 4. The third-order valence-electron chi connectivity index (χ3n) is 13.2. The molecule has 7 rings (SSSR count). The molecule has 0 spiro atoms. The summed E-state index contributed by atoms with van der Waals surface area (Å²) < 4.78 is 37.2. The van der Waals surface area contributed by atoms with Crippen LogP contribution in [0.25, 0.3) is 5.82 Å². The maximum absolute atomic E-state index is 14.1. The van der Waals surface area contributed by atoms with Crippen LogP contribution in [-0.2, 0) is 19.5 Å². The Kier molecular flexibility index (Phi) is 13.9. The lowest BCUT2D eigenvalue weighted by atomic mass is 9.79. The number of hydrogen-bond donors (Lipinski definition) is 0. The van der Waals surface area contributed by atoms with Crippen LogP contribution in [0.3, 0.4) is 0 Å². The van der Waals surface area contributed by atoms with E-state index in [4.69, 9.17) is 23.4 Å². The highest BCUT2D eigenvalue weighted by atomic mass is 28.4. The molecule has 2 atom stereocenters. The number of nitrogens with zero attached hydrogens (tertiary/aromatic N) is 6. The monoisotopic (exact) mass is 848 g/mol. The molecule has 3 heterocycles. The molecule has 0 N–H and O–H groups in total. The van der Waals surface area contributed by atoms with Gasteiger partial charge in [-0.15, -0.1) is 0 Å². The molecule has 0 amide bonds. The second-order valence-corrected chi connectivity index (χ2v) is 23.2. The zero-order chi connectivity index (χ0) is 43.2. The quantitative estimate of drug-likeness (QED) is 0.0664. The lowest BCUT2D eigenvalue weighted by molar-refractivity contribution is -0.234. The Morgan fingerprint density at radius 2 is 1.38 bits per heavy atom. The third-order valence-corrected chi connectivity index (χ3v) is 19.2. The fourth-order valence-electron chi connectivity index (χ4n) is 10.2. The predicted molar refractivity (Wildman–Crippen MR) is 240 cm³/mol. The van der Waals surface area contributed by atoms with Crippen LogP contribution in [0, 0.1) is 0 Å². The van der Waals surface area contributed by atoms with E-state index in [9.17, 15) is 4.79 Å². The average Bonchev–Trinajstić information content (AvgIpc) is 3.83. The lowest BCUT2D eigenvalue weighted by Gasteiger charge is -2.52. The number of benzene rings is 3. The Morgan fingerprint density at radius 1 is 0.787 bits per heavy atom. The smallest absolute Gasteiger partial charge is 0.351 e.